The van der Waals surface area contributed by atoms with Crippen LogP contribution >= 0.6 is 0 Å². The van der Waals surface area contributed by atoms with Gasteiger partial charge in [0.1, 0.15) is 5.54 Å². The molecule has 1 N–H and O–H groups in total. The van der Waals surface area contributed by atoms with Crippen LogP contribution in [0.1, 0.15) is 39.0 Å². The van der Waals surface area contributed by atoms with E-state index in [4.69, 9.17) is 0 Å². The zero-order chi connectivity index (χ0) is 10.9. The van der Waals surface area contributed by atoms with Crippen molar-refractivity contribution in [3.63, 3.8) is 0 Å². The van der Waals surface area contributed by atoms with Crippen molar-refractivity contribution in [3.05, 3.63) is 0 Å². The standard InChI is InChI=1S/C12H21N3/c1-3-15(2)11-6-7-12(8-11,9-13)14-10-4-5-10/h10-11,14H,3-8H2,1-2H3. The van der Waals surface area contributed by atoms with Crippen molar-refractivity contribution >= 4 is 0 Å². The van der Waals surface area contributed by atoms with E-state index in [-0.39, 0.29) is 5.54 Å². The minimum Gasteiger partial charge on any atom is -0.304 e. The quantitative estimate of drug-likeness (QED) is 0.759. The Morgan fingerprint density at radius 1 is 1.47 bits per heavy atom. The molecule has 2 atom stereocenters. The van der Waals surface area contributed by atoms with Crippen LogP contribution in [0.3, 0.4) is 0 Å². The third-order valence-corrected chi connectivity index (χ3v) is 3.88. The van der Waals surface area contributed by atoms with Gasteiger partial charge in [-0.15, -0.1) is 0 Å². The van der Waals surface area contributed by atoms with Crippen molar-refractivity contribution in [3.8, 4) is 6.07 Å². The molecule has 15 heavy (non-hydrogen) atoms. The summed E-state index contributed by atoms with van der Waals surface area (Å²) >= 11 is 0. The maximum Gasteiger partial charge on any atom is 0.108 e. The maximum atomic E-state index is 9.33. The summed E-state index contributed by atoms with van der Waals surface area (Å²) in [7, 11) is 2.16. The predicted octanol–water partition coefficient (Wildman–Crippen LogP) is 1.50. The van der Waals surface area contributed by atoms with Gasteiger partial charge in [0.2, 0.25) is 0 Å². The van der Waals surface area contributed by atoms with E-state index in [1.54, 1.807) is 0 Å². The van der Waals surface area contributed by atoms with Crippen LogP contribution in [0.5, 0.6) is 0 Å². The second-order valence-electron chi connectivity index (χ2n) is 5.08. The highest BCUT2D eigenvalue weighted by atomic mass is 15.1. The van der Waals surface area contributed by atoms with Gasteiger partial charge >= 0.3 is 0 Å². The average molecular weight is 207 g/mol. The zero-order valence-corrected chi connectivity index (χ0v) is 9.79. The third-order valence-electron chi connectivity index (χ3n) is 3.88. The number of rotatable bonds is 4. The van der Waals surface area contributed by atoms with E-state index in [1.165, 1.54) is 12.8 Å². The molecule has 2 fully saturated rings. The normalized spacial score (nSPS) is 35.7. The highest BCUT2D eigenvalue weighted by Gasteiger charge is 2.43. The van der Waals surface area contributed by atoms with Crippen LogP contribution in [0.2, 0.25) is 0 Å². The fraction of sp³-hybridized carbons (Fsp3) is 0.917. The second-order valence-corrected chi connectivity index (χ2v) is 5.08. The molecule has 3 nitrogen and oxygen atoms in total. The number of hydrogen-bond donors (Lipinski definition) is 1. The summed E-state index contributed by atoms with van der Waals surface area (Å²) < 4.78 is 0. The molecule has 2 saturated carbocycles. The minimum atomic E-state index is -0.213. The highest BCUT2D eigenvalue weighted by molar-refractivity contribution is 5.15. The summed E-state index contributed by atoms with van der Waals surface area (Å²) in [5, 5.41) is 12.9. The van der Waals surface area contributed by atoms with Crippen molar-refractivity contribution in [2.75, 3.05) is 13.6 Å². The van der Waals surface area contributed by atoms with Gasteiger partial charge in [0.15, 0.2) is 0 Å². The first kappa shape index (κ1) is 10.9. The molecule has 2 rings (SSSR count). The van der Waals surface area contributed by atoms with E-state index in [9.17, 15) is 5.26 Å². The van der Waals surface area contributed by atoms with E-state index in [0.29, 0.717) is 12.1 Å². The Morgan fingerprint density at radius 2 is 2.20 bits per heavy atom. The maximum absolute atomic E-state index is 9.33. The van der Waals surface area contributed by atoms with Crippen molar-refractivity contribution in [2.45, 2.75) is 56.7 Å². The van der Waals surface area contributed by atoms with Crippen LogP contribution in [0, 0.1) is 11.3 Å². The van der Waals surface area contributed by atoms with Gasteiger partial charge in [0.05, 0.1) is 6.07 Å². The lowest BCUT2D eigenvalue weighted by Gasteiger charge is -2.26. The Morgan fingerprint density at radius 3 is 2.73 bits per heavy atom. The van der Waals surface area contributed by atoms with Crippen LogP contribution in [0.4, 0.5) is 0 Å². The zero-order valence-electron chi connectivity index (χ0n) is 9.79. The number of nitrogens with zero attached hydrogens (tertiary/aromatic N) is 2. The fourth-order valence-corrected chi connectivity index (χ4v) is 2.54. The first-order valence-electron chi connectivity index (χ1n) is 6.08. The van der Waals surface area contributed by atoms with E-state index in [2.05, 4.69) is 30.3 Å². The lowest BCUT2D eigenvalue weighted by atomic mass is 9.99. The van der Waals surface area contributed by atoms with Gasteiger partial charge in [-0.2, -0.15) is 5.26 Å². The fourth-order valence-electron chi connectivity index (χ4n) is 2.54. The van der Waals surface area contributed by atoms with Crippen molar-refractivity contribution < 1.29 is 0 Å². The van der Waals surface area contributed by atoms with Crippen molar-refractivity contribution in [1.82, 2.24) is 10.2 Å². The molecule has 0 aromatic rings. The molecule has 0 aromatic heterocycles. The Balaban J connectivity index is 1.95. The highest BCUT2D eigenvalue weighted by Crippen LogP contribution is 2.35. The molecule has 2 aliphatic carbocycles. The van der Waals surface area contributed by atoms with Crippen LogP contribution in [0.25, 0.3) is 0 Å². The van der Waals surface area contributed by atoms with Gasteiger partial charge in [-0.3, -0.25) is 5.32 Å². The summed E-state index contributed by atoms with van der Waals surface area (Å²) in [5.74, 6) is 0. The summed E-state index contributed by atoms with van der Waals surface area (Å²) in [6.45, 7) is 3.26. The lowest BCUT2D eigenvalue weighted by molar-refractivity contribution is 0.247. The Hall–Kier alpha value is -0.590. The molecule has 0 aromatic carbocycles. The topological polar surface area (TPSA) is 39.1 Å². The average Bonchev–Trinajstić information content (AvgIpc) is 2.95. The summed E-state index contributed by atoms with van der Waals surface area (Å²) in [6.07, 6.45) is 5.71. The SMILES string of the molecule is CCN(C)C1CCC(C#N)(NC2CC2)C1. The second kappa shape index (κ2) is 4.11. The Bertz CT molecular complexity index is 267. The van der Waals surface area contributed by atoms with Gasteiger partial charge in [0, 0.05) is 12.1 Å². The molecule has 0 amide bonds. The summed E-state index contributed by atoms with van der Waals surface area (Å²) in [6, 6.07) is 3.75. The van der Waals surface area contributed by atoms with E-state index in [1.807, 2.05) is 0 Å². The molecule has 84 valence electrons. The van der Waals surface area contributed by atoms with Gasteiger partial charge < -0.3 is 4.90 Å². The molecule has 0 spiro atoms. The summed E-state index contributed by atoms with van der Waals surface area (Å²) in [5.41, 5.74) is -0.213. The number of nitrogens with one attached hydrogen (secondary N) is 1. The first-order valence-corrected chi connectivity index (χ1v) is 6.08. The van der Waals surface area contributed by atoms with Gasteiger partial charge in [-0.05, 0) is 45.7 Å². The van der Waals surface area contributed by atoms with Gasteiger partial charge in [-0.25, -0.2) is 0 Å². The molecular weight excluding hydrogens is 186 g/mol. The first-order chi connectivity index (χ1) is 7.19. The Kier molecular flexibility index (Phi) is 2.99. The van der Waals surface area contributed by atoms with Crippen molar-refractivity contribution in [2.24, 2.45) is 0 Å². The van der Waals surface area contributed by atoms with E-state index < -0.39 is 0 Å². The molecule has 0 bridgehead atoms. The van der Waals surface area contributed by atoms with Gasteiger partial charge in [0.25, 0.3) is 0 Å². The molecule has 0 radical (unpaired) electrons. The molecular formula is C12H21N3. The monoisotopic (exact) mass is 207 g/mol. The largest absolute Gasteiger partial charge is 0.304 e. The van der Waals surface area contributed by atoms with Gasteiger partial charge in [-0.1, -0.05) is 6.92 Å². The third kappa shape index (κ3) is 2.32. The van der Waals surface area contributed by atoms with E-state index in [0.717, 1.165) is 25.8 Å². The molecule has 2 aliphatic rings. The summed E-state index contributed by atoms with van der Waals surface area (Å²) in [4.78, 5) is 2.37. The molecule has 0 aliphatic heterocycles. The number of hydrogen-bond acceptors (Lipinski definition) is 3. The van der Waals surface area contributed by atoms with Crippen LogP contribution in [-0.2, 0) is 0 Å². The minimum absolute atomic E-state index is 0.213. The smallest absolute Gasteiger partial charge is 0.108 e. The molecule has 0 saturated heterocycles. The predicted molar refractivity (Wildman–Crippen MR) is 60.4 cm³/mol. The van der Waals surface area contributed by atoms with Crippen LogP contribution < -0.4 is 5.32 Å². The van der Waals surface area contributed by atoms with Crippen LogP contribution in [-0.4, -0.2) is 36.1 Å². The van der Waals surface area contributed by atoms with E-state index >= 15 is 0 Å². The lowest BCUT2D eigenvalue weighted by Crippen LogP contribution is -2.44. The Labute approximate surface area is 92.4 Å². The molecule has 2 unspecified atom stereocenters. The molecule has 0 heterocycles. The van der Waals surface area contributed by atoms with Crippen molar-refractivity contribution in [1.29, 1.82) is 5.26 Å². The van der Waals surface area contributed by atoms with Crippen LogP contribution in [0.15, 0.2) is 0 Å². The molecule has 3 heteroatoms. The number of nitriles is 1.